The molecule has 3 N–H and O–H groups in total. The summed E-state index contributed by atoms with van der Waals surface area (Å²) >= 11 is 1.41. The molecule has 4 nitrogen and oxygen atoms in total. The Morgan fingerprint density at radius 1 is 1.43 bits per heavy atom. The maximum atomic E-state index is 10.7. The highest BCUT2D eigenvalue weighted by Crippen LogP contribution is 2.02. The summed E-state index contributed by atoms with van der Waals surface area (Å²) < 4.78 is 0. The topological polar surface area (TPSA) is 72.2 Å². The second kappa shape index (κ2) is 10.5. The summed E-state index contributed by atoms with van der Waals surface area (Å²) in [6, 6.07) is -0.339. The van der Waals surface area contributed by atoms with Gasteiger partial charge in [0.05, 0.1) is 11.8 Å². The van der Waals surface area contributed by atoms with E-state index in [9.17, 15) is 9.59 Å². The molecule has 14 heavy (non-hydrogen) atoms. The van der Waals surface area contributed by atoms with E-state index in [2.05, 4.69) is 5.32 Å². The summed E-state index contributed by atoms with van der Waals surface area (Å²) in [6.07, 6.45) is 0. The maximum Gasteiger partial charge on any atom is 0.235 e. The lowest BCUT2D eigenvalue weighted by Crippen LogP contribution is -2.41. The number of rotatable bonds is 6. The Labute approximate surface area is 90.0 Å². The summed E-state index contributed by atoms with van der Waals surface area (Å²) in [7, 11) is 1.67. The van der Waals surface area contributed by atoms with Crippen LogP contribution in [0.25, 0.3) is 0 Å². The normalized spacial score (nSPS) is 11.1. The van der Waals surface area contributed by atoms with Gasteiger partial charge in [0.25, 0.3) is 0 Å². The number of nitrogens with one attached hydrogen (secondary N) is 1. The molecule has 0 heterocycles. The molecule has 0 bridgehead atoms. The van der Waals surface area contributed by atoms with Crippen LogP contribution in [0.5, 0.6) is 0 Å². The lowest BCUT2D eigenvalue weighted by Gasteiger charge is -2.10. The van der Waals surface area contributed by atoms with Gasteiger partial charge >= 0.3 is 0 Å². The Morgan fingerprint density at radius 3 is 2.21 bits per heavy atom. The smallest absolute Gasteiger partial charge is 0.235 e. The maximum absolute atomic E-state index is 10.7. The van der Waals surface area contributed by atoms with E-state index in [0.29, 0.717) is 11.5 Å². The van der Waals surface area contributed by atoms with Crippen molar-refractivity contribution >= 4 is 23.5 Å². The van der Waals surface area contributed by atoms with Gasteiger partial charge in [0.1, 0.15) is 5.78 Å². The van der Waals surface area contributed by atoms with Gasteiger partial charge in [0.15, 0.2) is 0 Å². The number of primary amides is 1. The van der Waals surface area contributed by atoms with Gasteiger partial charge in [-0.3, -0.25) is 9.59 Å². The molecule has 1 unspecified atom stereocenters. The summed E-state index contributed by atoms with van der Waals surface area (Å²) in [6.45, 7) is 5.52. The first kappa shape index (κ1) is 15.9. The average molecular weight is 220 g/mol. The van der Waals surface area contributed by atoms with Gasteiger partial charge in [-0.1, -0.05) is 13.8 Å². The summed E-state index contributed by atoms with van der Waals surface area (Å²) in [5.41, 5.74) is 5.06. The third-order valence-corrected chi connectivity index (χ3v) is 2.46. The Bertz CT molecular complexity index is 174. The molecule has 1 amide bonds. The Balaban J connectivity index is 0. The zero-order chi connectivity index (χ0) is 11.6. The van der Waals surface area contributed by atoms with Gasteiger partial charge in [-0.2, -0.15) is 11.8 Å². The van der Waals surface area contributed by atoms with E-state index in [4.69, 9.17) is 5.73 Å². The molecule has 0 saturated heterocycles. The first-order valence-electron chi connectivity index (χ1n) is 4.61. The summed E-state index contributed by atoms with van der Waals surface area (Å²) in [5.74, 6) is 0.713. The molecule has 0 radical (unpaired) electrons. The molecular weight excluding hydrogens is 200 g/mol. The van der Waals surface area contributed by atoms with Crippen LogP contribution in [0.15, 0.2) is 0 Å². The number of hydrogen-bond donors (Lipinski definition) is 2. The van der Waals surface area contributed by atoms with Crippen LogP contribution in [0.2, 0.25) is 0 Å². The molecule has 0 aromatic rings. The van der Waals surface area contributed by atoms with E-state index in [1.165, 1.54) is 18.7 Å². The molecule has 0 fully saturated rings. The highest BCUT2D eigenvalue weighted by molar-refractivity contribution is 8.00. The third-order valence-electron chi connectivity index (χ3n) is 1.28. The van der Waals surface area contributed by atoms with Gasteiger partial charge in [-0.15, -0.1) is 0 Å². The van der Waals surface area contributed by atoms with E-state index in [1.54, 1.807) is 7.05 Å². The van der Waals surface area contributed by atoms with Crippen molar-refractivity contribution in [2.75, 3.05) is 18.6 Å². The fourth-order valence-corrected chi connectivity index (χ4v) is 1.60. The van der Waals surface area contributed by atoms with Crippen molar-refractivity contribution < 1.29 is 9.59 Å². The Hall–Kier alpha value is -0.550. The van der Waals surface area contributed by atoms with E-state index in [0.717, 1.165) is 0 Å². The second-order valence-electron chi connectivity index (χ2n) is 2.46. The zero-order valence-corrected chi connectivity index (χ0v) is 10.1. The standard InChI is InChI=1S/C7H14N2O2S.C2H6/c1-5(10)3-12-4-6(9-2)7(8)11;1-2/h6,9H,3-4H2,1-2H3,(H2,8,11);1-2H3. The highest BCUT2D eigenvalue weighted by atomic mass is 32.2. The van der Waals surface area contributed by atoms with E-state index in [1.807, 2.05) is 13.8 Å². The minimum atomic E-state index is -0.381. The molecule has 0 spiro atoms. The third kappa shape index (κ3) is 9.54. The van der Waals surface area contributed by atoms with Crippen LogP contribution in [0, 0.1) is 0 Å². The lowest BCUT2D eigenvalue weighted by atomic mass is 10.3. The molecule has 5 heteroatoms. The largest absolute Gasteiger partial charge is 0.368 e. The molecule has 1 atom stereocenters. The van der Waals surface area contributed by atoms with Crippen LogP contribution >= 0.6 is 11.8 Å². The van der Waals surface area contributed by atoms with E-state index >= 15 is 0 Å². The number of hydrogen-bond acceptors (Lipinski definition) is 4. The molecule has 0 aliphatic carbocycles. The minimum Gasteiger partial charge on any atom is -0.368 e. The van der Waals surface area contributed by atoms with Crippen molar-refractivity contribution in [3.05, 3.63) is 0 Å². The van der Waals surface area contributed by atoms with Crippen LogP contribution < -0.4 is 11.1 Å². The van der Waals surface area contributed by atoms with Crippen molar-refractivity contribution in [2.24, 2.45) is 5.73 Å². The van der Waals surface area contributed by atoms with E-state index in [-0.39, 0.29) is 17.7 Å². The lowest BCUT2D eigenvalue weighted by molar-refractivity contribution is -0.119. The molecule has 0 aliphatic heterocycles. The van der Waals surface area contributed by atoms with Crippen molar-refractivity contribution in [3.8, 4) is 0 Å². The van der Waals surface area contributed by atoms with Crippen LogP contribution in [0.4, 0.5) is 0 Å². The number of likely N-dealkylation sites (N-methyl/N-ethyl adjacent to an activating group) is 1. The molecule has 84 valence electrons. The highest BCUT2D eigenvalue weighted by Gasteiger charge is 2.11. The number of Topliss-reactive ketones (excluding diaryl/α,β-unsaturated/α-hetero) is 1. The predicted molar refractivity (Wildman–Crippen MR) is 61.4 cm³/mol. The van der Waals surface area contributed by atoms with Gasteiger partial charge in [0, 0.05) is 5.75 Å². The SMILES string of the molecule is CC.CNC(CSCC(C)=O)C(N)=O. The van der Waals surface area contributed by atoms with E-state index < -0.39 is 0 Å². The number of amides is 1. The first-order chi connectivity index (χ1) is 6.57. The number of nitrogens with two attached hydrogens (primary N) is 1. The fourth-order valence-electron chi connectivity index (χ4n) is 0.628. The van der Waals surface area contributed by atoms with Crippen molar-refractivity contribution in [2.45, 2.75) is 26.8 Å². The fraction of sp³-hybridized carbons (Fsp3) is 0.778. The summed E-state index contributed by atoms with van der Waals surface area (Å²) in [5, 5.41) is 2.77. The summed E-state index contributed by atoms with van der Waals surface area (Å²) in [4.78, 5) is 21.2. The molecular formula is C9H20N2O2S. The number of carbonyl (C=O) groups excluding carboxylic acids is 2. The average Bonchev–Trinajstić information content (AvgIpc) is 2.14. The van der Waals surface area contributed by atoms with Gasteiger partial charge < -0.3 is 11.1 Å². The molecule has 0 saturated carbocycles. The van der Waals surface area contributed by atoms with Crippen molar-refractivity contribution in [1.82, 2.24) is 5.32 Å². The first-order valence-corrected chi connectivity index (χ1v) is 5.77. The quantitative estimate of drug-likeness (QED) is 0.680. The number of carbonyl (C=O) groups is 2. The second-order valence-corrected chi connectivity index (χ2v) is 3.49. The molecule has 0 aromatic carbocycles. The van der Waals surface area contributed by atoms with Crippen molar-refractivity contribution in [3.63, 3.8) is 0 Å². The Morgan fingerprint density at radius 2 is 1.93 bits per heavy atom. The van der Waals surface area contributed by atoms with Gasteiger partial charge in [0.2, 0.25) is 5.91 Å². The predicted octanol–water partition coefficient (Wildman–Crippen LogP) is 0.408. The number of thioether (sulfide) groups is 1. The molecule has 0 aromatic heterocycles. The Kier molecular flexibility index (Phi) is 12.0. The van der Waals surface area contributed by atoms with Crippen LogP contribution in [0.1, 0.15) is 20.8 Å². The molecule has 0 rings (SSSR count). The molecule has 0 aliphatic rings. The van der Waals surface area contributed by atoms with Crippen LogP contribution in [0.3, 0.4) is 0 Å². The number of ketones is 1. The monoisotopic (exact) mass is 220 g/mol. The van der Waals surface area contributed by atoms with Gasteiger partial charge in [-0.05, 0) is 14.0 Å². The van der Waals surface area contributed by atoms with Crippen molar-refractivity contribution in [1.29, 1.82) is 0 Å². The minimum absolute atomic E-state index is 0.110. The van der Waals surface area contributed by atoms with Gasteiger partial charge in [-0.25, -0.2) is 0 Å². The van der Waals surface area contributed by atoms with Crippen LogP contribution in [-0.2, 0) is 9.59 Å². The zero-order valence-electron chi connectivity index (χ0n) is 9.29. The van der Waals surface area contributed by atoms with Crippen LogP contribution in [-0.4, -0.2) is 36.3 Å².